The second kappa shape index (κ2) is 9.07. The van der Waals surface area contributed by atoms with E-state index in [1.165, 1.54) is 19.2 Å². The summed E-state index contributed by atoms with van der Waals surface area (Å²) in [5.74, 6) is 0.362. The Labute approximate surface area is 171 Å². The Morgan fingerprint density at radius 3 is 2.45 bits per heavy atom. The van der Waals surface area contributed by atoms with Crippen molar-refractivity contribution in [2.75, 3.05) is 26.7 Å². The van der Waals surface area contributed by atoms with Crippen LogP contribution in [0.4, 0.5) is 0 Å². The molecule has 1 N–H and O–H groups in total. The molecule has 3 aromatic rings. The molecule has 7 heteroatoms. The van der Waals surface area contributed by atoms with E-state index in [2.05, 4.69) is 5.32 Å². The first-order chi connectivity index (χ1) is 13.9. The molecule has 0 saturated heterocycles. The van der Waals surface area contributed by atoms with Gasteiger partial charge in [0.25, 0.3) is 0 Å². The molecule has 0 aliphatic carbocycles. The quantitative estimate of drug-likeness (QED) is 0.577. The third-order valence-corrected chi connectivity index (χ3v) is 6.34. The maximum Gasteiger partial charge on any atom is 0.243 e. The van der Waals surface area contributed by atoms with E-state index in [4.69, 9.17) is 4.74 Å². The van der Waals surface area contributed by atoms with E-state index in [1.54, 1.807) is 12.1 Å². The molecule has 0 aromatic heterocycles. The summed E-state index contributed by atoms with van der Waals surface area (Å²) in [6, 6.07) is 20.2. The van der Waals surface area contributed by atoms with E-state index >= 15 is 0 Å². The molecule has 0 bridgehead atoms. The summed E-state index contributed by atoms with van der Waals surface area (Å²) in [6.45, 7) is 2.19. The van der Waals surface area contributed by atoms with Gasteiger partial charge in [-0.25, -0.2) is 8.42 Å². The predicted octanol–water partition coefficient (Wildman–Crippen LogP) is 2.96. The van der Waals surface area contributed by atoms with Crippen molar-refractivity contribution in [1.29, 1.82) is 0 Å². The van der Waals surface area contributed by atoms with Crippen LogP contribution in [0.3, 0.4) is 0 Å². The Kier molecular flexibility index (Phi) is 6.51. The number of likely N-dealkylation sites (N-methyl/N-ethyl adjacent to an activating group) is 1. The Bertz CT molecular complexity index is 1090. The smallest absolute Gasteiger partial charge is 0.243 e. The number of nitrogens with zero attached hydrogens (tertiary/aromatic N) is 1. The summed E-state index contributed by atoms with van der Waals surface area (Å²) in [5, 5.41) is 4.78. The minimum atomic E-state index is -3.71. The Morgan fingerprint density at radius 1 is 1.00 bits per heavy atom. The fourth-order valence-corrected chi connectivity index (χ4v) is 4.03. The van der Waals surface area contributed by atoms with Gasteiger partial charge in [0.15, 0.2) is 0 Å². The van der Waals surface area contributed by atoms with Crippen molar-refractivity contribution in [3.8, 4) is 5.75 Å². The minimum absolute atomic E-state index is 0.165. The molecule has 0 saturated carbocycles. The van der Waals surface area contributed by atoms with Gasteiger partial charge >= 0.3 is 0 Å². The third kappa shape index (κ3) is 5.13. The van der Waals surface area contributed by atoms with Crippen molar-refractivity contribution in [2.24, 2.45) is 0 Å². The number of hydrogen-bond acceptors (Lipinski definition) is 4. The van der Waals surface area contributed by atoms with Crippen LogP contribution < -0.4 is 10.1 Å². The van der Waals surface area contributed by atoms with E-state index in [0.29, 0.717) is 0 Å². The van der Waals surface area contributed by atoms with Crippen LogP contribution in [0.5, 0.6) is 5.75 Å². The molecule has 152 valence electrons. The van der Waals surface area contributed by atoms with Crippen molar-refractivity contribution < 1.29 is 17.9 Å². The van der Waals surface area contributed by atoms with E-state index < -0.39 is 10.0 Å². The first kappa shape index (κ1) is 20.8. The normalized spacial score (nSPS) is 11.6. The Morgan fingerprint density at radius 2 is 1.69 bits per heavy atom. The van der Waals surface area contributed by atoms with E-state index in [-0.39, 0.29) is 30.5 Å². The van der Waals surface area contributed by atoms with Gasteiger partial charge in [-0.05, 0) is 30.5 Å². The van der Waals surface area contributed by atoms with E-state index in [9.17, 15) is 13.2 Å². The fraction of sp³-hybridized carbons (Fsp3) is 0.227. The van der Waals surface area contributed by atoms with Gasteiger partial charge in [-0.1, -0.05) is 54.1 Å². The molecule has 3 rings (SSSR count). The van der Waals surface area contributed by atoms with Crippen molar-refractivity contribution >= 4 is 26.7 Å². The molecule has 0 spiro atoms. The largest absolute Gasteiger partial charge is 0.491 e. The molecule has 6 nitrogen and oxygen atoms in total. The number of carbonyl (C=O) groups is 1. The highest BCUT2D eigenvalue weighted by Gasteiger charge is 2.22. The van der Waals surface area contributed by atoms with Gasteiger partial charge in [-0.15, -0.1) is 0 Å². The molecule has 0 radical (unpaired) electrons. The predicted molar refractivity (Wildman–Crippen MR) is 113 cm³/mol. The van der Waals surface area contributed by atoms with Crippen LogP contribution in [0.25, 0.3) is 10.8 Å². The third-order valence-electron chi connectivity index (χ3n) is 4.53. The zero-order valence-electron chi connectivity index (χ0n) is 16.5. The summed E-state index contributed by atoms with van der Waals surface area (Å²) < 4.78 is 31.9. The van der Waals surface area contributed by atoms with Crippen LogP contribution >= 0.6 is 0 Å². The van der Waals surface area contributed by atoms with Crippen molar-refractivity contribution in [1.82, 2.24) is 9.62 Å². The highest BCUT2D eigenvalue weighted by Crippen LogP contribution is 2.24. The number of ether oxygens (including phenoxy) is 1. The number of carbonyl (C=O) groups excluding carboxylic acids is 1. The number of sulfonamides is 1. The van der Waals surface area contributed by atoms with Gasteiger partial charge in [0.1, 0.15) is 12.4 Å². The summed E-state index contributed by atoms with van der Waals surface area (Å²) in [4.78, 5) is 12.3. The number of fused-ring (bicyclic) bond motifs is 1. The average molecular weight is 413 g/mol. The molecular weight excluding hydrogens is 388 g/mol. The zero-order chi connectivity index (χ0) is 20.9. The van der Waals surface area contributed by atoms with Gasteiger partial charge < -0.3 is 10.1 Å². The monoisotopic (exact) mass is 412 g/mol. The Balaban J connectivity index is 1.50. The van der Waals surface area contributed by atoms with Crippen molar-refractivity contribution in [3.63, 3.8) is 0 Å². The second-order valence-electron chi connectivity index (χ2n) is 6.75. The van der Waals surface area contributed by atoms with Crippen LogP contribution in [-0.4, -0.2) is 45.4 Å². The second-order valence-corrected chi connectivity index (χ2v) is 8.79. The molecule has 3 aromatic carbocycles. The zero-order valence-corrected chi connectivity index (χ0v) is 17.3. The summed E-state index contributed by atoms with van der Waals surface area (Å²) in [7, 11) is -2.32. The molecule has 0 aliphatic rings. The Hall–Kier alpha value is -2.90. The van der Waals surface area contributed by atoms with Gasteiger partial charge in [-0.3, -0.25) is 4.79 Å². The lowest BCUT2D eigenvalue weighted by molar-refractivity contribution is -0.121. The van der Waals surface area contributed by atoms with Crippen molar-refractivity contribution in [3.05, 3.63) is 72.3 Å². The van der Waals surface area contributed by atoms with E-state index in [0.717, 1.165) is 26.4 Å². The molecule has 0 heterocycles. The standard InChI is InChI=1S/C22H24N2O4S/c1-17-10-12-19(13-11-17)29(26,27)24(2)16-22(25)23-14-15-28-21-9-5-7-18-6-3-4-8-20(18)21/h3-13H,14-16H2,1-2H3,(H,23,25). The lowest BCUT2D eigenvalue weighted by atomic mass is 10.1. The van der Waals surface area contributed by atoms with Gasteiger partial charge in [0, 0.05) is 12.4 Å². The average Bonchev–Trinajstić information content (AvgIpc) is 2.71. The van der Waals surface area contributed by atoms with Gasteiger partial charge in [-0.2, -0.15) is 4.31 Å². The molecule has 1 amide bonds. The van der Waals surface area contributed by atoms with Crippen LogP contribution in [-0.2, 0) is 14.8 Å². The number of aryl methyl sites for hydroxylation is 1. The first-order valence-electron chi connectivity index (χ1n) is 9.28. The summed E-state index contributed by atoms with van der Waals surface area (Å²) >= 11 is 0. The topological polar surface area (TPSA) is 75.7 Å². The molecule has 0 aliphatic heterocycles. The maximum atomic E-state index is 12.5. The molecule has 29 heavy (non-hydrogen) atoms. The molecule has 0 unspecified atom stereocenters. The van der Waals surface area contributed by atoms with E-state index in [1.807, 2.05) is 49.4 Å². The molecule has 0 atom stereocenters. The lowest BCUT2D eigenvalue weighted by Gasteiger charge is -2.17. The van der Waals surface area contributed by atoms with Crippen LogP contribution in [0.2, 0.25) is 0 Å². The SMILES string of the molecule is Cc1ccc(S(=O)(=O)N(C)CC(=O)NCCOc2cccc3ccccc23)cc1. The number of benzene rings is 3. The van der Waals surface area contributed by atoms with Gasteiger partial charge in [0.05, 0.1) is 18.0 Å². The number of rotatable bonds is 8. The summed E-state index contributed by atoms with van der Waals surface area (Å²) in [5.41, 5.74) is 0.968. The van der Waals surface area contributed by atoms with Crippen LogP contribution in [0.15, 0.2) is 71.6 Å². The summed E-state index contributed by atoms with van der Waals surface area (Å²) in [6.07, 6.45) is 0. The first-order valence-corrected chi connectivity index (χ1v) is 10.7. The minimum Gasteiger partial charge on any atom is -0.491 e. The van der Waals surface area contributed by atoms with Crippen LogP contribution in [0.1, 0.15) is 5.56 Å². The van der Waals surface area contributed by atoms with Gasteiger partial charge in [0.2, 0.25) is 15.9 Å². The highest BCUT2D eigenvalue weighted by atomic mass is 32.2. The molecule has 0 fully saturated rings. The maximum absolute atomic E-state index is 12.5. The lowest BCUT2D eigenvalue weighted by Crippen LogP contribution is -2.39. The number of amides is 1. The van der Waals surface area contributed by atoms with Crippen LogP contribution in [0, 0.1) is 6.92 Å². The fourth-order valence-electron chi connectivity index (χ4n) is 2.91. The van der Waals surface area contributed by atoms with Crippen molar-refractivity contribution in [2.45, 2.75) is 11.8 Å². The highest BCUT2D eigenvalue weighted by molar-refractivity contribution is 7.89. The number of nitrogens with one attached hydrogen (secondary N) is 1. The number of hydrogen-bond donors (Lipinski definition) is 1. The molecular formula is C22H24N2O4S.